The van der Waals surface area contributed by atoms with Gasteiger partial charge in [-0.15, -0.1) is 0 Å². The molecule has 0 saturated carbocycles. The van der Waals surface area contributed by atoms with Gasteiger partial charge in [-0.2, -0.15) is 0 Å². The van der Waals surface area contributed by atoms with Gasteiger partial charge in [0.25, 0.3) is 0 Å². The molecule has 1 unspecified atom stereocenters. The average Bonchev–Trinajstić information content (AvgIpc) is 2.74. The van der Waals surface area contributed by atoms with Crippen molar-refractivity contribution in [3.8, 4) is 0 Å². The number of nitrogens with zero attached hydrogens (tertiary/aromatic N) is 3. The zero-order valence-corrected chi connectivity index (χ0v) is 12.0. The number of pyridine rings is 1. The van der Waals surface area contributed by atoms with Gasteiger partial charge in [-0.05, 0) is 36.8 Å². The summed E-state index contributed by atoms with van der Waals surface area (Å²) in [6.07, 6.45) is 3.62. The maximum absolute atomic E-state index is 6.06. The molecular formula is C14H13BrN4. The maximum atomic E-state index is 6.06. The van der Waals surface area contributed by atoms with E-state index in [1.807, 2.05) is 41.1 Å². The van der Waals surface area contributed by atoms with Crippen LogP contribution in [0.1, 0.15) is 18.5 Å². The number of anilines is 1. The van der Waals surface area contributed by atoms with E-state index >= 15 is 0 Å². The van der Waals surface area contributed by atoms with Crippen LogP contribution in [0.4, 0.5) is 5.95 Å². The first-order valence-electron chi connectivity index (χ1n) is 5.99. The first-order valence-corrected chi connectivity index (χ1v) is 6.79. The molecule has 19 heavy (non-hydrogen) atoms. The lowest BCUT2D eigenvalue weighted by atomic mass is 10.1. The third-order valence-electron chi connectivity index (χ3n) is 3.23. The van der Waals surface area contributed by atoms with Gasteiger partial charge in [0.1, 0.15) is 0 Å². The second-order valence-corrected chi connectivity index (χ2v) is 5.35. The van der Waals surface area contributed by atoms with Gasteiger partial charge in [-0.3, -0.25) is 4.98 Å². The summed E-state index contributed by atoms with van der Waals surface area (Å²) in [7, 11) is 0. The molecule has 2 N–H and O–H groups in total. The van der Waals surface area contributed by atoms with Crippen LogP contribution in [0.15, 0.2) is 47.2 Å². The van der Waals surface area contributed by atoms with Crippen LogP contribution in [0, 0.1) is 0 Å². The number of hydrogen-bond donors (Lipinski definition) is 1. The first-order chi connectivity index (χ1) is 9.16. The highest BCUT2D eigenvalue weighted by molar-refractivity contribution is 9.10. The van der Waals surface area contributed by atoms with Crippen molar-refractivity contribution in [1.82, 2.24) is 14.5 Å². The van der Waals surface area contributed by atoms with Gasteiger partial charge in [-0.25, -0.2) is 4.98 Å². The van der Waals surface area contributed by atoms with Crippen molar-refractivity contribution in [3.63, 3.8) is 0 Å². The molecule has 0 radical (unpaired) electrons. The zero-order chi connectivity index (χ0) is 13.4. The van der Waals surface area contributed by atoms with Crippen LogP contribution in [0.2, 0.25) is 0 Å². The summed E-state index contributed by atoms with van der Waals surface area (Å²) in [5.74, 6) is 0.518. The Kier molecular flexibility index (Phi) is 2.98. The molecule has 0 bridgehead atoms. The first kappa shape index (κ1) is 12.2. The van der Waals surface area contributed by atoms with Crippen molar-refractivity contribution in [2.75, 3.05) is 5.73 Å². The fourth-order valence-corrected chi connectivity index (χ4v) is 2.61. The molecule has 4 nitrogen and oxygen atoms in total. The fraction of sp³-hybridized carbons (Fsp3) is 0.143. The van der Waals surface area contributed by atoms with Crippen LogP contribution in [0.5, 0.6) is 0 Å². The van der Waals surface area contributed by atoms with Crippen LogP contribution in [-0.2, 0) is 0 Å². The number of imidazole rings is 1. The summed E-state index contributed by atoms with van der Waals surface area (Å²) in [5.41, 5.74) is 9.08. The molecular weight excluding hydrogens is 304 g/mol. The Morgan fingerprint density at radius 2 is 2.16 bits per heavy atom. The van der Waals surface area contributed by atoms with E-state index in [0.717, 1.165) is 21.1 Å². The number of fused-ring (bicyclic) bond motifs is 1. The number of aromatic nitrogens is 3. The predicted octanol–water partition coefficient (Wildman–Crippen LogP) is 3.39. The molecule has 0 aliphatic carbocycles. The van der Waals surface area contributed by atoms with E-state index in [1.165, 1.54) is 0 Å². The van der Waals surface area contributed by atoms with Crippen molar-refractivity contribution in [2.45, 2.75) is 13.0 Å². The molecule has 1 atom stereocenters. The highest BCUT2D eigenvalue weighted by Crippen LogP contribution is 2.28. The summed E-state index contributed by atoms with van der Waals surface area (Å²) in [6, 6.07) is 10.0. The molecule has 5 heteroatoms. The summed E-state index contributed by atoms with van der Waals surface area (Å²) in [4.78, 5) is 8.56. The summed E-state index contributed by atoms with van der Waals surface area (Å²) in [5, 5.41) is 0. The Labute approximate surface area is 119 Å². The summed E-state index contributed by atoms with van der Waals surface area (Å²) >= 11 is 3.49. The molecule has 2 aromatic heterocycles. The normalized spacial score (nSPS) is 12.7. The Bertz CT molecular complexity index is 721. The van der Waals surface area contributed by atoms with E-state index in [0.29, 0.717) is 5.95 Å². The van der Waals surface area contributed by atoms with Crippen molar-refractivity contribution >= 4 is 32.9 Å². The minimum Gasteiger partial charge on any atom is -0.369 e. The maximum Gasteiger partial charge on any atom is 0.201 e. The molecule has 2 heterocycles. The van der Waals surface area contributed by atoms with Crippen molar-refractivity contribution < 1.29 is 0 Å². The van der Waals surface area contributed by atoms with Crippen molar-refractivity contribution in [3.05, 3.63) is 52.8 Å². The number of nitrogen functional groups attached to an aromatic ring is 1. The quantitative estimate of drug-likeness (QED) is 0.788. The molecule has 0 aliphatic rings. The summed E-state index contributed by atoms with van der Waals surface area (Å²) in [6.45, 7) is 2.09. The minimum absolute atomic E-state index is 0.0907. The summed E-state index contributed by atoms with van der Waals surface area (Å²) < 4.78 is 3.04. The average molecular weight is 317 g/mol. The van der Waals surface area contributed by atoms with E-state index < -0.39 is 0 Å². The van der Waals surface area contributed by atoms with Crippen molar-refractivity contribution in [1.29, 1.82) is 0 Å². The lowest BCUT2D eigenvalue weighted by Crippen LogP contribution is -2.10. The fourth-order valence-electron chi connectivity index (χ4n) is 2.26. The second-order valence-electron chi connectivity index (χ2n) is 4.44. The molecule has 0 amide bonds. The molecule has 0 aliphatic heterocycles. The lowest BCUT2D eigenvalue weighted by molar-refractivity contribution is 0.665. The van der Waals surface area contributed by atoms with Crippen molar-refractivity contribution in [2.24, 2.45) is 0 Å². The Morgan fingerprint density at radius 3 is 2.89 bits per heavy atom. The smallest absolute Gasteiger partial charge is 0.201 e. The number of hydrogen-bond acceptors (Lipinski definition) is 3. The van der Waals surface area contributed by atoms with Gasteiger partial charge in [0.05, 0.1) is 17.1 Å². The minimum atomic E-state index is 0.0907. The van der Waals surface area contributed by atoms with E-state index in [9.17, 15) is 0 Å². The monoisotopic (exact) mass is 316 g/mol. The molecule has 96 valence electrons. The van der Waals surface area contributed by atoms with Crippen LogP contribution in [-0.4, -0.2) is 14.5 Å². The van der Waals surface area contributed by atoms with Gasteiger partial charge in [0, 0.05) is 16.9 Å². The van der Waals surface area contributed by atoms with Gasteiger partial charge in [0.15, 0.2) is 0 Å². The van der Waals surface area contributed by atoms with E-state index in [2.05, 4.69) is 32.8 Å². The topological polar surface area (TPSA) is 56.7 Å². The highest BCUT2D eigenvalue weighted by Gasteiger charge is 2.15. The van der Waals surface area contributed by atoms with Gasteiger partial charge < -0.3 is 10.3 Å². The number of rotatable bonds is 2. The van der Waals surface area contributed by atoms with Gasteiger partial charge >= 0.3 is 0 Å². The Balaban J connectivity index is 2.19. The van der Waals surface area contributed by atoms with Gasteiger partial charge in [0.2, 0.25) is 5.95 Å². The largest absolute Gasteiger partial charge is 0.369 e. The number of halogens is 1. The Hall–Kier alpha value is -1.88. The third-order valence-corrected chi connectivity index (χ3v) is 3.73. The zero-order valence-electron chi connectivity index (χ0n) is 10.4. The SMILES string of the molecule is CC(c1cccnc1)n1c(N)nc2ccc(Br)cc21. The molecule has 0 fully saturated rings. The van der Waals surface area contributed by atoms with Crippen LogP contribution >= 0.6 is 15.9 Å². The molecule has 0 spiro atoms. The molecule has 1 aromatic carbocycles. The molecule has 3 rings (SSSR count). The van der Waals surface area contributed by atoms with Crippen LogP contribution in [0.25, 0.3) is 11.0 Å². The van der Waals surface area contributed by atoms with E-state index in [-0.39, 0.29) is 6.04 Å². The second kappa shape index (κ2) is 4.66. The van der Waals surface area contributed by atoms with E-state index in [1.54, 1.807) is 6.20 Å². The lowest BCUT2D eigenvalue weighted by Gasteiger charge is -2.16. The predicted molar refractivity (Wildman–Crippen MR) is 79.9 cm³/mol. The number of benzene rings is 1. The van der Waals surface area contributed by atoms with Crippen LogP contribution in [0.3, 0.4) is 0 Å². The Morgan fingerprint density at radius 1 is 1.32 bits per heavy atom. The highest BCUT2D eigenvalue weighted by atomic mass is 79.9. The van der Waals surface area contributed by atoms with E-state index in [4.69, 9.17) is 5.73 Å². The van der Waals surface area contributed by atoms with Crippen LogP contribution < -0.4 is 5.73 Å². The standard InChI is InChI=1S/C14H13BrN4/c1-9(10-3-2-6-17-8-10)19-13-7-11(15)4-5-12(13)18-14(19)16/h2-9H,1H3,(H2,16,18). The molecule has 3 aromatic rings. The molecule has 0 saturated heterocycles. The van der Waals surface area contributed by atoms with Gasteiger partial charge in [-0.1, -0.05) is 22.0 Å². The third kappa shape index (κ3) is 2.10. The number of nitrogens with two attached hydrogens (primary N) is 1.